The van der Waals surface area contributed by atoms with Crippen LogP contribution < -0.4 is 10.5 Å². The molecule has 1 heterocycles. The van der Waals surface area contributed by atoms with Crippen LogP contribution in [0.4, 0.5) is 0 Å². The minimum Gasteiger partial charge on any atom is -0.481 e. The van der Waals surface area contributed by atoms with Gasteiger partial charge in [-0.3, -0.25) is 4.99 Å². The molecule has 0 saturated heterocycles. The fraction of sp³-hybridized carbons (Fsp3) is 0.455. The number of ether oxygens (including phenoxy) is 1. The molecule has 0 atom stereocenters. The Hall–Kier alpha value is -1.58. The summed E-state index contributed by atoms with van der Waals surface area (Å²) >= 11 is 0. The number of hydrogen-bond acceptors (Lipinski definition) is 3. The predicted molar refractivity (Wildman–Crippen MR) is 61.0 cm³/mol. The van der Waals surface area contributed by atoms with Crippen molar-refractivity contribution in [2.75, 3.05) is 7.11 Å². The van der Waals surface area contributed by atoms with Gasteiger partial charge in [0.25, 0.3) is 0 Å². The molecule has 4 nitrogen and oxygen atoms in total. The van der Waals surface area contributed by atoms with Gasteiger partial charge < -0.3 is 10.5 Å². The number of aliphatic imine (C=N–C) groups is 1. The third-order valence-electron chi connectivity index (χ3n) is 1.98. The molecule has 1 aromatic heterocycles. The molecule has 1 rings (SSSR count). The Morgan fingerprint density at radius 1 is 1.53 bits per heavy atom. The first-order chi connectivity index (χ1) is 7.26. The third-order valence-corrected chi connectivity index (χ3v) is 1.98. The fourth-order valence-electron chi connectivity index (χ4n) is 1.15. The van der Waals surface area contributed by atoms with Crippen molar-refractivity contribution in [1.29, 1.82) is 0 Å². The minimum atomic E-state index is 0.586. The molecule has 0 aliphatic heterocycles. The lowest BCUT2D eigenvalue weighted by Crippen LogP contribution is -2.11. The summed E-state index contributed by atoms with van der Waals surface area (Å²) in [6.45, 7) is 2.67. The summed E-state index contributed by atoms with van der Waals surface area (Å²) < 4.78 is 4.96. The number of rotatable bonds is 5. The molecular weight excluding hydrogens is 190 g/mol. The van der Waals surface area contributed by atoms with E-state index in [-0.39, 0.29) is 0 Å². The van der Waals surface area contributed by atoms with E-state index in [1.54, 1.807) is 13.3 Å². The summed E-state index contributed by atoms with van der Waals surface area (Å²) in [5, 5.41) is 0. The molecule has 4 heteroatoms. The molecule has 0 spiro atoms. The van der Waals surface area contributed by atoms with Crippen LogP contribution in [0.15, 0.2) is 23.3 Å². The molecule has 0 bridgehead atoms. The molecule has 0 unspecified atom stereocenters. The number of methoxy groups -OCH3 is 1. The zero-order valence-corrected chi connectivity index (χ0v) is 9.23. The summed E-state index contributed by atoms with van der Waals surface area (Å²) in [5.41, 5.74) is 6.73. The summed E-state index contributed by atoms with van der Waals surface area (Å²) in [6.07, 6.45) is 3.63. The quantitative estimate of drug-likeness (QED) is 0.591. The standard InChI is InChI=1S/C11H17N3O/c1-3-4-10(12)13-7-9-5-6-11(15-2)14-8-9/h5-6,8H,3-4,7H2,1-2H3,(H2,12,13). The Kier molecular flexibility index (Phi) is 4.60. The van der Waals surface area contributed by atoms with Crippen molar-refractivity contribution in [3.63, 3.8) is 0 Å². The molecule has 0 amide bonds. The highest BCUT2D eigenvalue weighted by molar-refractivity contribution is 5.80. The molecule has 0 aliphatic rings. The number of hydrogen-bond donors (Lipinski definition) is 1. The van der Waals surface area contributed by atoms with Crippen LogP contribution in [0.3, 0.4) is 0 Å². The maximum atomic E-state index is 5.69. The normalized spacial score (nSPS) is 11.5. The molecule has 0 aliphatic carbocycles. The Bertz CT molecular complexity index is 319. The van der Waals surface area contributed by atoms with E-state index < -0.39 is 0 Å². The van der Waals surface area contributed by atoms with E-state index in [2.05, 4.69) is 16.9 Å². The van der Waals surface area contributed by atoms with Gasteiger partial charge >= 0.3 is 0 Å². The van der Waals surface area contributed by atoms with Gasteiger partial charge in [-0.05, 0) is 12.0 Å². The summed E-state index contributed by atoms with van der Waals surface area (Å²) in [7, 11) is 1.60. The Morgan fingerprint density at radius 3 is 2.87 bits per heavy atom. The van der Waals surface area contributed by atoms with Crippen molar-refractivity contribution in [2.24, 2.45) is 10.7 Å². The topological polar surface area (TPSA) is 60.5 Å². The fourth-order valence-corrected chi connectivity index (χ4v) is 1.15. The van der Waals surface area contributed by atoms with Crippen molar-refractivity contribution in [3.05, 3.63) is 23.9 Å². The van der Waals surface area contributed by atoms with E-state index in [1.165, 1.54) is 0 Å². The van der Waals surface area contributed by atoms with E-state index in [4.69, 9.17) is 10.5 Å². The van der Waals surface area contributed by atoms with Crippen LogP contribution in [0, 0.1) is 0 Å². The SMILES string of the molecule is CCCC(N)=NCc1ccc(OC)nc1. The van der Waals surface area contributed by atoms with Gasteiger partial charge in [0.05, 0.1) is 19.5 Å². The van der Waals surface area contributed by atoms with Crippen molar-refractivity contribution < 1.29 is 4.74 Å². The summed E-state index contributed by atoms with van der Waals surface area (Å²) in [5.74, 6) is 1.32. The van der Waals surface area contributed by atoms with Crippen molar-refractivity contribution >= 4 is 5.84 Å². The average molecular weight is 207 g/mol. The average Bonchev–Trinajstić information content (AvgIpc) is 2.27. The van der Waals surface area contributed by atoms with Gasteiger partial charge in [-0.1, -0.05) is 13.0 Å². The molecule has 1 aromatic rings. The molecule has 0 fully saturated rings. The van der Waals surface area contributed by atoms with Gasteiger partial charge in [-0.15, -0.1) is 0 Å². The Labute approximate surface area is 90.2 Å². The molecule has 0 saturated carbocycles. The molecule has 2 N–H and O–H groups in total. The highest BCUT2D eigenvalue weighted by Gasteiger charge is 1.95. The smallest absolute Gasteiger partial charge is 0.212 e. The van der Waals surface area contributed by atoms with Crippen LogP contribution in [0.5, 0.6) is 5.88 Å². The Morgan fingerprint density at radius 2 is 2.33 bits per heavy atom. The second kappa shape index (κ2) is 6.01. The number of nitrogens with zero attached hydrogens (tertiary/aromatic N) is 2. The first-order valence-corrected chi connectivity index (χ1v) is 5.04. The van der Waals surface area contributed by atoms with Crippen LogP contribution in [0.25, 0.3) is 0 Å². The van der Waals surface area contributed by atoms with Gasteiger partial charge in [0.2, 0.25) is 5.88 Å². The van der Waals surface area contributed by atoms with E-state index in [9.17, 15) is 0 Å². The molecule has 0 radical (unpaired) electrons. The lowest BCUT2D eigenvalue weighted by atomic mass is 10.3. The zero-order valence-electron chi connectivity index (χ0n) is 9.23. The number of nitrogens with two attached hydrogens (primary N) is 1. The first-order valence-electron chi connectivity index (χ1n) is 5.04. The monoisotopic (exact) mass is 207 g/mol. The van der Waals surface area contributed by atoms with Gasteiger partial charge in [0.1, 0.15) is 0 Å². The van der Waals surface area contributed by atoms with Crippen LogP contribution in [-0.4, -0.2) is 17.9 Å². The zero-order chi connectivity index (χ0) is 11.1. The number of pyridine rings is 1. The van der Waals surface area contributed by atoms with Gasteiger partial charge in [0.15, 0.2) is 0 Å². The van der Waals surface area contributed by atoms with E-state index >= 15 is 0 Å². The Balaban J connectivity index is 2.54. The lowest BCUT2D eigenvalue weighted by Gasteiger charge is -2.01. The number of aromatic nitrogens is 1. The van der Waals surface area contributed by atoms with Gasteiger partial charge in [-0.2, -0.15) is 0 Å². The molecule has 15 heavy (non-hydrogen) atoms. The van der Waals surface area contributed by atoms with Crippen LogP contribution in [0.2, 0.25) is 0 Å². The van der Waals surface area contributed by atoms with Crippen LogP contribution in [0.1, 0.15) is 25.3 Å². The van der Waals surface area contributed by atoms with Gasteiger partial charge in [-0.25, -0.2) is 4.98 Å². The highest BCUT2D eigenvalue weighted by Crippen LogP contribution is 2.07. The second-order valence-corrected chi connectivity index (χ2v) is 3.27. The highest BCUT2D eigenvalue weighted by atomic mass is 16.5. The lowest BCUT2D eigenvalue weighted by molar-refractivity contribution is 0.397. The maximum Gasteiger partial charge on any atom is 0.212 e. The second-order valence-electron chi connectivity index (χ2n) is 3.27. The van der Waals surface area contributed by atoms with E-state index in [1.807, 2.05) is 12.1 Å². The predicted octanol–water partition coefficient (Wildman–Crippen LogP) is 1.75. The summed E-state index contributed by atoms with van der Waals surface area (Å²) in [6, 6.07) is 3.76. The maximum absolute atomic E-state index is 5.69. The third kappa shape index (κ3) is 3.97. The molecule has 0 aromatic carbocycles. The molecule has 82 valence electrons. The number of amidine groups is 1. The molecular formula is C11H17N3O. The minimum absolute atomic E-state index is 0.586. The van der Waals surface area contributed by atoms with Crippen molar-refractivity contribution in [2.45, 2.75) is 26.3 Å². The summed E-state index contributed by atoms with van der Waals surface area (Å²) in [4.78, 5) is 8.34. The van der Waals surface area contributed by atoms with E-state index in [0.717, 1.165) is 18.4 Å². The van der Waals surface area contributed by atoms with Gasteiger partial charge in [0, 0.05) is 18.7 Å². The van der Waals surface area contributed by atoms with Crippen molar-refractivity contribution in [1.82, 2.24) is 4.98 Å². The van der Waals surface area contributed by atoms with Crippen LogP contribution in [-0.2, 0) is 6.54 Å². The largest absolute Gasteiger partial charge is 0.481 e. The first kappa shape index (κ1) is 11.5. The van der Waals surface area contributed by atoms with Crippen molar-refractivity contribution in [3.8, 4) is 5.88 Å². The van der Waals surface area contributed by atoms with Crippen LogP contribution >= 0.6 is 0 Å². The van der Waals surface area contributed by atoms with E-state index in [0.29, 0.717) is 18.3 Å².